The molecule has 25 heavy (non-hydrogen) atoms. The van der Waals surface area contributed by atoms with Crippen molar-refractivity contribution in [2.45, 2.75) is 18.1 Å². The van der Waals surface area contributed by atoms with Crippen LogP contribution in [0.5, 0.6) is 11.5 Å². The van der Waals surface area contributed by atoms with Crippen LogP contribution in [-0.2, 0) is 4.79 Å². The summed E-state index contributed by atoms with van der Waals surface area (Å²) < 4.78 is 10.6. The Hall–Kier alpha value is -2.57. The third-order valence-corrected chi connectivity index (χ3v) is 5.06. The number of hydrazine groups is 1. The van der Waals surface area contributed by atoms with Crippen LogP contribution in [0.2, 0.25) is 0 Å². The highest BCUT2D eigenvalue weighted by Crippen LogP contribution is 2.42. The van der Waals surface area contributed by atoms with Crippen LogP contribution in [0, 0.1) is 5.92 Å². The van der Waals surface area contributed by atoms with E-state index in [-0.39, 0.29) is 30.0 Å². The highest BCUT2D eigenvalue weighted by Gasteiger charge is 2.51. The van der Waals surface area contributed by atoms with Gasteiger partial charge in [0.1, 0.15) is 17.5 Å². The van der Waals surface area contributed by atoms with Crippen molar-refractivity contribution in [3.05, 3.63) is 59.7 Å². The molecule has 6 nitrogen and oxygen atoms in total. The summed E-state index contributed by atoms with van der Waals surface area (Å²) in [6.07, 6.45) is 0. The SMILES string of the molecule is COc1ccc(C2NNC3C(=O)NC(c4cccc(OC)c4)C32)cc1. The number of carbonyl (C=O) groups is 1. The maximum atomic E-state index is 12.4. The summed E-state index contributed by atoms with van der Waals surface area (Å²) in [6.45, 7) is 0. The molecular formula is C19H21N3O3. The van der Waals surface area contributed by atoms with Gasteiger partial charge in [0, 0.05) is 5.92 Å². The fourth-order valence-corrected chi connectivity index (χ4v) is 3.79. The summed E-state index contributed by atoms with van der Waals surface area (Å²) in [7, 11) is 3.30. The molecule has 0 radical (unpaired) electrons. The lowest BCUT2D eigenvalue weighted by atomic mass is 9.83. The first kappa shape index (κ1) is 15.9. The van der Waals surface area contributed by atoms with Gasteiger partial charge in [-0.3, -0.25) is 4.79 Å². The minimum Gasteiger partial charge on any atom is -0.497 e. The molecule has 3 N–H and O–H groups in total. The van der Waals surface area contributed by atoms with Gasteiger partial charge in [0.2, 0.25) is 5.91 Å². The van der Waals surface area contributed by atoms with Crippen LogP contribution < -0.4 is 25.6 Å². The van der Waals surface area contributed by atoms with Crippen LogP contribution >= 0.6 is 0 Å². The zero-order chi connectivity index (χ0) is 17.4. The summed E-state index contributed by atoms with van der Waals surface area (Å²) in [6, 6.07) is 15.5. The van der Waals surface area contributed by atoms with Gasteiger partial charge in [-0.1, -0.05) is 24.3 Å². The zero-order valence-corrected chi connectivity index (χ0v) is 14.2. The normalized spacial score (nSPS) is 27.7. The number of fused-ring (bicyclic) bond motifs is 1. The number of amides is 1. The van der Waals surface area contributed by atoms with Crippen LogP contribution in [0.1, 0.15) is 23.2 Å². The van der Waals surface area contributed by atoms with E-state index in [0.717, 1.165) is 22.6 Å². The number of carbonyl (C=O) groups excluding carboxylic acids is 1. The van der Waals surface area contributed by atoms with Crippen LogP contribution in [0.25, 0.3) is 0 Å². The molecule has 0 aromatic heterocycles. The van der Waals surface area contributed by atoms with Gasteiger partial charge in [0.25, 0.3) is 0 Å². The van der Waals surface area contributed by atoms with E-state index in [2.05, 4.69) is 16.2 Å². The predicted molar refractivity (Wildman–Crippen MR) is 93.2 cm³/mol. The molecule has 4 rings (SSSR count). The van der Waals surface area contributed by atoms with Crippen LogP contribution in [0.4, 0.5) is 0 Å². The van der Waals surface area contributed by atoms with Gasteiger partial charge in [0.15, 0.2) is 0 Å². The lowest BCUT2D eigenvalue weighted by Gasteiger charge is -2.24. The molecule has 2 aliphatic heterocycles. The van der Waals surface area contributed by atoms with Crippen LogP contribution in [-0.4, -0.2) is 26.2 Å². The molecule has 130 valence electrons. The third-order valence-electron chi connectivity index (χ3n) is 5.06. The number of nitrogens with one attached hydrogen (secondary N) is 3. The number of hydrogen-bond acceptors (Lipinski definition) is 5. The maximum absolute atomic E-state index is 12.4. The fraction of sp³-hybridized carbons (Fsp3) is 0.316. The van der Waals surface area contributed by atoms with E-state index in [9.17, 15) is 4.79 Å². The van der Waals surface area contributed by atoms with E-state index >= 15 is 0 Å². The topological polar surface area (TPSA) is 71.6 Å². The molecule has 0 bridgehead atoms. The Morgan fingerprint density at radius 1 is 0.800 bits per heavy atom. The van der Waals surface area contributed by atoms with Crippen molar-refractivity contribution in [2.24, 2.45) is 5.92 Å². The van der Waals surface area contributed by atoms with Gasteiger partial charge in [-0.25, -0.2) is 10.9 Å². The van der Waals surface area contributed by atoms with Gasteiger partial charge >= 0.3 is 0 Å². The Morgan fingerprint density at radius 3 is 2.24 bits per heavy atom. The monoisotopic (exact) mass is 339 g/mol. The van der Waals surface area contributed by atoms with Crippen molar-refractivity contribution in [3.63, 3.8) is 0 Å². The predicted octanol–water partition coefficient (Wildman–Crippen LogP) is 1.71. The Kier molecular flexibility index (Phi) is 4.07. The second kappa shape index (κ2) is 6.38. The minimum absolute atomic E-state index is 0.0151. The Balaban J connectivity index is 1.67. The summed E-state index contributed by atoms with van der Waals surface area (Å²) in [5, 5.41) is 3.12. The lowest BCUT2D eigenvalue weighted by molar-refractivity contribution is -0.121. The first-order valence-electron chi connectivity index (χ1n) is 8.30. The van der Waals surface area contributed by atoms with Crippen LogP contribution in [0.3, 0.4) is 0 Å². The average molecular weight is 339 g/mol. The van der Waals surface area contributed by atoms with Gasteiger partial charge in [-0.2, -0.15) is 0 Å². The summed E-state index contributed by atoms with van der Waals surface area (Å²) in [4.78, 5) is 12.4. The van der Waals surface area contributed by atoms with E-state index in [4.69, 9.17) is 9.47 Å². The first-order valence-corrected chi connectivity index (χ1v) is 8.30. The molecule has 2 aromatic rings. The fourth-order valence-electron chi connectivity index (χ4n) is 3.79. The van der Waals surface area contributed by atoms with Crippen molar-refractivity contribution >= 4 is 5.91 Å². The Labute approximate surface area is 146 Å². The van der Waals surface area contributed by atoms with Crippen molar-refractivity contribution in [1.82, 2.24) is 16.2 Å². The number of benzene rings is 2. The smallest absolute Gasteiger partial charge is 0.239 e. The molecule has 2 fully saturated rings. The molecule has 2 aromatic carbocycles. The van der Waals surface area contributed by atoms with Crippen molar-refractivity contribution in [3.8, 4) is 11.5 Å². The van der Waals surface area contributed by atoms with Crippen molar-refractivity contribution in [2.75, 3.05) is 14.2 Å². The van der Waals surface area contributed by atoms with E-state index in [1.165, 1.54) is 0 Å². The highest BCUT2D eigenvalue weighted by atomic mass is 16.5. The lowest BCUT2D eigenvalue weighted by Crippen LogP contribution is -2.39. The van der Waals surface area contributed by atoms with E-state index in [1.807, 2.05) is 48.5 Å². The maximum Gasteiger partial charge on any atom is 0.239 e. The van der Waals surface area contributed by atoms with Gasteiger partial charge in [-0.15, -0.1) is 0 Å². The van der Waals surface area contributed by atoms with E-state index < -0.39 is 0 Å². The van der Waals surface area contributed by atoms with Crippen LogP contribution in [0.15, 0.2) is 48.5 Å². The molecule has 4 atom stereocenters. The van der Waals surface area contributed by atoms with E-state index in [1.54, 1.807) is 14.2 Å². The van der Waals surface area contributed by atoms with Gasteiger partial charge in [-0.05, 0) is 35.4 Å². The molecule has 2 saturated heterocycles. The minimum atomic E-state index is -0.261. The summed E-state index contributed by atoms with van der Waals surface area (Å²) >= 11 is 0. The standard InChI is InChI=1S/C19H21N3O3/c1-24-13-8-6-11(7-9-13)17-15-16(20-19(23)18(15)22-21-17)12-4-3-5-14(10-12)25-2/h3-10,15-18,21-22H,1-2H3,(H,20,23). The molecule has 2 aliphatic rings. The first-order chi connectivity index (χ1) is 12.2. The average Bonchev–Trinajstić information content (AvgIpc) is 3.23. The molecule has 6 heteroatoms. The Bertz CT molecular complexity index is 778. The molecule has 0 spiro atoms. The Morgan fingerprint density at radius 2 is 1.52 bits per heavy atom. The van der Waals surface area contributed by atoms with Crippen molar-refractivity contribution < 1.29 is 14.3 Å². The quantitative estimate of drug-likeness (QED) is 0.791. The second-order valence-corrected chi connectivity index (χ2v) is 6.36. The number of rotatable bonds is 4. The molecular weight excluding hydrogens is 318 g/mol. The summed E-state index contributed by atoms with van der Waals surface area (Å²) in [5.74, 6) is 1.68. The second-order valence-electron chi connectivity index (χ2n) is 6.36. The number of ether oxygens (including phenoxy) is 2. The van der Waals surface area contributed by atoms with Crippen molar-refractivity contribution in [1.29, 1.82) is 0 Å². The number of hydrogen-bond donors (Lipinski definition) is 3. The molecule has 0 saturated carbocycles. The molecule has 1 amide bonds. The third kappa shape index (κ3) is 2.73. The zero-order valence-electron chi connectivity index (χ0n) is 14.2. The number of methoxy groups -OCH3 is 2. The highest BCUT2D eigenvalue weighted by molar-refractivity contribution is 5.86. The summed E-state index contributed by atoms with van der Waals surface area (Å²) in [5.41, 5.74) is 8.60. The molecule has 4 unspecified atom stereocenters. The van der Waals surface area contributed by atoms with Gasteiger partial charge in [0.05, 0.1) is 26.3 Å². The van der Waals surface area contributed by atoms with Gasteiger partial charge < -0.3 is 14.8 Å². The molecule has 2 heterocycles. The van der Waals surface area contributed by atoms with E-state index in [0.29, 0.717) is 0 Å². The molecule has 0 aliphatic carbocycles. The largest absolute Gasteiger partial charge is 0.497 e.